The van der Waals surface area contributed by atoms with Gasteiger partial charge in [-0.25, -0.2) is 4.39 Å². The van der Waals surface area contributed by atoms with Gasteiger partial charge in [0, 0.05) is 11.1 Å². The zero-order valence-corrected chi connectivity index (χ0v) is 13.8. The fourth-order valence-corrected chi connectivity index (χ4v) is 5.78. The highest BCUT2D eigenvalue weighted by Gasteiger charge is 2.54. The van der Waals surface area contributed by atoms with Crippen LogP contribution in [-0.2, 0) is 0 Å². The molecule has 22 heavy (non-hydrogen) atoms. The van der Waals surface area contributed by atoms with Crippen LogP contribution >= 0.6 is 11.6 Å². The molecule has 120 valence electrons. The van der Waals surface area contributed by atoms with Crippen molar-refractivity contribution < 1.29 is 4.39 Å². The van der Waals surface area contributed by atoms with E-state index in [4.69, 9.17) is 11.6 Å². The minimum Gasteiger partial charge on any atom is -0.313 e. The van der Waals surface area contributed by atoms with Crippen LogP contribution < -0.4 is 5.32 Å². The molecule has 5 atom stereocenters. The second-order valence-electron chi connectivity index (χ2n) is 7.44. The fourth-order valence-electron chi connectivity index (χ4n) is 5.47. The lowest BCUT2D eigenvalue weighted by Crippen LogP contribution is -2.63. The van der Waals surface area contributed by atoms with Gasteiger partial charge in [-0.2, -0.15) is 0 Å². The molecule has 3 heteroatoms. The third-order valence-electron chi connectivity index (χ3n) is 6.41. The molecule has 0 spiro atoms. The van der Waals surface area contributed by atoms with Crippen molar-refractivity contribution in [2.75, 3.05) is 6.54 Å². The molecule has 1 aromatic carbocycles. The van der Waals surface area contributed by atoms with Crippen LogP contribution in [0.15, 0.2) is 18.2 Å². The molecule has 2 aliphatic carbocycles. The third-order valence-corrected chi connectivity index (χ3v) is 6.73. The Labute approximate surface area is 137 Å². The maximum absolute atomic E-state index is 13.4. The van der Waals surface area contributed by atoms with Gasteiger partial charge in [-0.1, -0.05) is 43.4 Å². The Hall–Kier alpha value is -0.600. The monoisotopic (exact) mass is 321 g/mol. The summed E-state index contributed by atoms with van der Waals surface area (Å²) in [5.74, 6) is 2.72. The predicted octanol–water partition coefficient (Wildman–Crippen LogP) is 5.14. The van der Waals surface area contributed by atoms with Crippen LogP contribution in [0.3, 0.4) is 0 Å². The number of nitrogens with one attached hydrogen (secondary N) is 1. The standard InChI is InChI=1S/C19H25ClFN/c20-17-11-12(21)7-8-13(17)15-9-10-22-19-16-6-4-2-1-3-5-14(16)18(15)19/h7-8,11,14-16,18-19,22H,1-6,9-10H2. The minimum atomic E-state index is -0.225. The SMILES string of the molecule is Fc1ccc(C2CCNC3C4CCCCCCC4C23)c(Cl)c1. The van der Waals surface area contributed by atoms with Gasteiger partial charge in [0.05, 0.1) is 0 Å². The van der Waals surface area contributed by atoms with Gasteiger partial charge in [0.1, 0.15) is 5.82 Å². The van der Waals surface area contributed by atoms with Gasteiger partial charge in [-0.15, -0.1) is 0 Å². The van der Waals surface area contributed by atoms with Crippen LogP contribution in [0.2, 0.25) is 5.02 Å². The third kappa shape index (κ3) is 2.49. The molecule has 2 saturated carbocycles. The van der Waals surface area contributed by atoms with Crippen LogP contribution in [-0.4, -0.2) is 12.6 Å². The molecule has 0 bridgehead atoms. The van der Waals surface area contributed by atoms with Gasteiger partial charge < -0.3 is 5.32 Å². The Morgan fingerprint density at radius 1 is 1.00 bits per heavy atom. The smallest absolute Gasteiger partial charge is 0.124 e. The van der Waals surface area contributed by atoms with Crippen molar-refractivity contribution in [3.63, 3.8) is 0 Å². The average Bonchev–Trinajstić information content (AvgIpc) is 2.47. The van der Waals surface area contributed by atoms with Crippen molar-refractivity contribution in [1.29, 1.82) is 0 Å². The number of hydrogen-bond donors (Lipinski definition) is 1. The van der Waals surface area contributed by atoms with E-state index < -0.39 is 0 Å². The molecule has 1 saturated heterocycles. The summed E-state index contributed by atoms with van der Waals surface area (Å²) in [7, 11) is 0. The van der Waals surface area contributed by atoms with Gasteiger partial charge in [0.2, 0.25) is 0 Å². The first kappa shape index (κ1) is 15.0. The molecule has 1 nitrogen and oxygen atoms in total. The molecule has 1 aromatic rings. The molecular weight excluding hydrogens is 297 g/mol. The molecule has 3 fully saturated rings. The first-order valence-electron chi connectivity index (χ1n) is 8.94. The second-order valence-corrected chi connectivity index (χ2v) is 7.84. The maximum Gasteiger partial charge on any atom is 0.124 e. The lowest BCUT2D eigenvalue weighted by atomic mass is 9.50. The van der Waals surface area contributed by atoms with Gasteiger partial charge >= 0.3 is 0 Å². The normalized spacial score (nSPS) is 38.2. The molecule has 4 rings (SSSR count). The number of halogens is 2. The number of benzene rings is 1. The van der Waals surface area contributed by atoms with Crippen LogP contribution in [0.1, 0.15) is 56.4 Å². The molecule has 1 aliphatic heterocycles. The zero-order chi connectivity index (χ0) is 15.1. The van der Waals surface area contributed by atoms with Crippen LogP contribution in [0, 0.1) is 23.6 Å². The summed E-state index contributed by atoms with van der Waals surface area (Å²) >= 11 is 6.37. The van der Waals surface area contributed by atoms with E-state index in [1.165, 1.54) is 50.2 Å². The molecule has 3 aliphatic rings. The number of piperidine rings is 1. The largest absolute Gasteiger partial charge is 0.313 e. The summed E-state index contributed by atoms with van der Waals surface area (Å²) < 4.78 is 13.4. The molecular formula is C19H25ClFN. The Balaban J connectivity index is 1.60. The van der Waals surface area contributed by atoms with E-state index in [0.29, 0.717) is 22.9 Å². The number of rotatable bonds is 1. The molecule has 0 radical (unpaired) electrons. The summed E-state index contributed by atoms with van der Waals surface area (Å²) in [4.78, 5) is 0. The summed E-state index contributed by atoms with van der Waals surface area (Å²) in [5.41, 5.74) is 1.18. The summed E-state index contributed by atoms with van der Waals surface area (Å²) in [6.07, 6.45) is 9.49. The topological polar surface area (TPSA) is 12.0 Å². The molecule has 0 amide bonds. The minimum absolute atomic E-state index is 0.225. The highest BCUT2D eigenvalue weighted by Crippen LogP contribution is 2.56. The Morgan fingerprint density at radius 3 is 2.55 bits per heavy atom. The maximum atomic E-state index is 13.4. The van der Waals surface area contributed by atoms with Crippen molar-refractivity contribution in [1.82, 2.24) is 5.32 Å². The molecule has 1 N–H and O–H groups in total. The quantitative estimate of drug-likeness (QED) is 0.755. The van der Waals surface area contributed by atoms with E-state index in [0.717, 1.165) is 24.8 Å². The van der Waals surface area contributed by atoms with Crippen molar-refractivity contribution in [3.8, 4) is 0 Å². The van der Waals surface area contributed by atoms with E-state index in [-0.39, 0.29) is 5.82 Å². The van der Waals surface area contributed by atoms with Crippen LogP contribution in [0.25, 0.3) is 0 Å². The van der Waals surface area contributed by atoms with Gasteiger partial charge in [0.25, 0.3) is 0 Å². The lowest BCUT2D eigenvalue weighted by Gasteiger charge is -2.59. The second kappa shape index (κ2) is 6.13. The van der Waals surface area contributed by atoms with Crippen molar-refractivity contribution in [2.24, 2.45) is 17.8 Å². The average molecular weight is 322 g/mol. The number of fused-ring (bicyclic) bond motifs is 4. The predicted molar refractivity (Wildman–Crippen MR) is 88.7 cm³/mol. The summed E-state index contributed by atoms with van der Waals surface area (Å²) in [5, 5.41) is 4.40. The summed E-state index contributed by atoms with van der Waals surface area (Å²) in [6, 6.07) is 5.67. The van der Waals surface area contributed by atoms with E-state index >= 15 is 0 Å². The first-order chi connectivity index (χ1) is 10.8. The Morgan fingerprint density at radius 2 is 1.77 bits per heavy atom. The van der Waals surface area contributed by atoms with Gasteiger partial charge in [-0.3, -0.25) is 0 Å². The lowest BCUT2D eigenvalue weighted by molar-refractivity contribution is -0.0428. The highest BCUT2D eigenvalue weighted by atomic mass is 35.5. The number of hydrogen-bond acceptors (Lipinski definition) is 1. The van der Waals surface area contributed by atoms with Gasteiger partial charge in [0.15, 0.2) is 0 Å². The Kier molecular flexibility index (Phi) is 4.17. The first-order valence-corrected chi connectivity index (χ1v) is 9.32. The molecule has 0 aromatic heterocycles. The van der Waals surface area contributed by atoms with Crippen LogP contribution in [0.5, 0.6) is 0 Å². The van der Waals surface area contributed by atoms with E-state index in [1.54, 1.807) is 6.07 Å². The van der Waals surface area contributed by atoms with E-state index in [9.17, 15) is 4.39 Å². The Bertz CT molecular complexity index is 546. The van der Waals surface area contributed by atoms with Crippen molar-refractivity contribution in [3.05, 3.63) is 34.6 Å². The zero-order valence-electron chi connectivity index (χ0n) is 13.0. The molecule has 1 heterocycles. The van der Waals surface area contributed by atoms with Crippen LogP contribution in [0.4, 0.5) is 4.39 Å². The van der Waals surface area contributed by atoms with Crippen molar-refractivity contribution >= 4 is 11.6 Å². The fraction of sp³-hybridized carbons (Fsp3) is 0.684. The summed E-state index contributed by atoms with van der Waals surface area (Å²) in [6.45, 7) is 1.07. The van der Waals surface area contributed by atoms with E-state index in [1.807, 2.05) is 6.07 Å². The van der Waals surface area contributed by atoms with Crippen molar-refractivity contribution in [2.45, 2.75) is 56.9 Å². The van der Waals surface area contributed by atoms with Gasteiger partial charge in [-0.05, 0) is 67.2 Å². The molecule has 5 unspecified atom stereocenters. The highest BCUT2D eigenvalue weighted by molar-refractivity contribution is 6.31. The van der Waals surface area contributed by atoms with E-state index in [2.05, 4.69) is 5.32 Å².